The Hall–Kier alpha value is -3.47. The quantitative estimate of drug-likeness (QED) is 0.559. The Morgan fingerprint density at radius 1 is 1.35 bits per heavy atom. The molecule has 0 bridgehead atoms. The molecule has 134 valence electrons. The maximum atomic E-state index is 14.0. The van der Waals surface area contributed by atoms with Crippen LogP contribution in [0.15, 0.2) is 42.5 Å². The first-order valence-electron chi connectivity index (χ1n) is 7.73. The smallest absolute Gasteiger partial charge is 0.311 e. The van der Waals surface area contributed by atoms with Crippen LogP contribution >= 0.6 is 0 Å². The molecule has 2 rings (SSSR count). The maximum absolute atomic E-state index is 14.0. The van der Waals surface area contributed by atoms with Gasteiger partial charge in [-0.1, -0.05) is 18.2 Å². The number of hydrogen-bond donors (Lipinski definition) is 0. The minimum Gasteiger partial charge on any atom is -0.477 e. The molecule has 0 aliphatic heterocycles. The van der Waals surface area contributed by atoms with E-state index in [-0.39, 0.29) is 30.1 Å². The Bertz CT molecular complexity index is 864. The summed E-state index contributed by atoms with van der Waals surface area (Å²) < 4.78 is 19.3. The summed E-state index contributed by atoms with van der Waals surface area (Å²) in [5, 5.41) is 19.9. The maximum Gasteiger partial charge on any atom is 0.311 e. The first-order valence-corrected chi connectivity index (χ1v) is 7.73. The Labute approximate surface area is 149 Å². The third kappa shape index (κ3) is 4.54. The fourth-order valence-corrected chi connectivity index (χ4v) is 2.32. The number of carbonyl (C=O) groups is 1. The van der Waals surface area contributed by atoms with E-state index in [4.69, 9.17) is 10.00 Å². The van der Waals surface area contributed by atoms with E-state index in [1.807, 2.05) is 6.07 Å². The summed E-state index contributed by atoms with van der Waals surface area (Å²) in [6, 6.07) is 11.9. The van der Waals surface area contributed by atoms with E-state index in [2.05, 4.69) is 0 Å². The van der Waals surface area contributed by atoms with Crippen LogP contribution in [-0.2, 0) is 4.79 Å². The van der Waals surface area contributed by atoms with Crippen LogP contribution in [0.5, 0.6) is 5.75 Å². The number of rotatable bonds is 7. The number of nitrogens with zero attached hydrogens (tertiary/aromatic N) is 3. The van der Waals surface area contributed by atoms with Crippen molar-refractivity contribution in [3.63, 3.8) is 0 Å². The van der Waals surface area contributed by atoms with E-state index < -0.39 is 23.3 Å². The van der Waals surface area contributed by atoms with Gasteiger partial charge in [0.25, 0.3) is 5.91 Å². The van der Waals surface area contributed by atoms with E-state index in [9.17, 15) is 19.3 Å². The molecule has 0 heterocycles. The number of nitro benzene ring substituents is 1. The molecule has 0 spiro atoms. The third-order valence-corrected chi connectivity index (χ3v) is 3.55. The number of nitriles is 1. The minimum absolute atomic E-state index is 0.00472. The third-order valence-electron chi connectivity index (χ3n) is 3.55. The zero-order chi connectivity index (χ0) is 19.1. The highest BCUT2D eigenvalue weighted by Crippen LogP contribution is 2.28. The van der Waals surface area contributed by atoms with Crippen molar-refractivity contribution in [3.8, 4) is 11.8 Å². The number of amides is 1. The molecule has 7 nitrogen and oxygen atoms in total. The Morgan fingerprint density at radius 2 is 2.08 bits per heavy atom. The summed E-state index contributed by atoms with van der Waals surface area (Å²) >= 11 is 0. The molecule has 1 amide bonds. The van der Waals surface area contributed by atoms with Gasteiger partial charge in [-0.05, 0) is 30.7 Å². The average molecular weight is 357 g/mol. The van der Waals surface area contributed by atoms with Gasteiger partial charge in [0.1, 0.15) is 5.82 Å². The molecular weight excluding hydrogens is 341 g/mol. The number of hydrogen-bond acceptors (Lipinski definition) is 5. The topological polar surface area (TPSA) is 96.5 Å². The summed E-state index contributed by atoms with van der Waals surface area (Å²) in [5.41, 5.74) is 0.444. The van der Waals surface area contributed by atoms with Crippen LogP contribution in [0, 0.1) is 34.2 Å². The van der Waals surface area contributed by atoms with E-state index in [1.165, 1.54) is 30.3 Å². The van der Waals surface area contributed by atoms with Crippen molar-refractivity contribution >= 4 is 17.3 Å². The van der Waals surface area contributed by atoms with Gasteiger partial charge in [-0.15, -0.1) is 0 Å². The van der Waals surface area contributed by atoms with Gasteiger partial charge < -0.3 is 9.64 Å². The fourth-order valence-electron chi connectivity index (χ4n) is 2.32. The highest BCUT2D eigenvalue weighted by Gasteiger charge is 2.21. The number of anilines is 1. The lowest BCUT2D eigenvalue weighted by Gasteiger charge is -2.22. The first-order chi connectivity index (χ1) is 12.4. The van der Waals surface area contributed by atoms with Crippen molar-refractivity contribution in [2.24, 2.45) is 0 Å². The van der Waals surface area contributed by atoms with E-state index in [0.29, 0.717) is 5.56 Å². The molecule has 8 heteroatoms. The van der Waals surface area contributed by atoms with E-state index >= 15 is 0 Å². The van der Waals surface area contributed by atoms with Crippen molar-refractivity contribution in [1.82, 2.24) is 0 Å². The fraction of sp³-hybridized carbons (Fsp3) is 0.222. The van der Waals surface area contributed by atoms with Crippen molar-refractivity contribution in [2.45, 2.75) is 13.3 Å². The van der Waals surface area contributed by atoms with Crippen molar-refractivity contribution in [2.75, 3.05) is 18.1 Å². The van der Waals surface area contributed by atoms with Crippen LogP contribution in [0.3, 0.4) is 0 Å². The molecule has 0 saturated heterocycles. The Kier molecular flexibility index (Phi) is 6.22. The number of benzene rings is 2. The molecule has 0 radical (unpaired) electrons. The summed E-state index contributed by atoms with van der Waals surface area (Å²) in [7, 11) is 0. The van der Waals surface area contributed by atoms with Gasteiger partial charge in [-0.3, -0.25) is 14.9 Å². The van der Waals surface area contributed by atoms with Crippen LogP contribution in [0.4, 0.5) is 15.8 Å². The second-order valence-electron chi connectivity index (χ2n) is 5.42. The van der Waals surface area contributed by atoms with Crippen molar-refractivity contribution in [1.29, 1.82) is 5.26 Å². The number of halogens is 1. The second kappa shape index (κ2) is 8.58. The van der Waals surface area contributed by atoms with Gasteiger partial charge in [-0.25, -0.2) is 4.39 Å². The lowest BCUT2D eigenvalue weighted by atomic mass is 10.2. The lowest BCUT2D eigenvalue weighted by Crippen LogP contribution is -2.36. The van der Waals surface area contributed by atoms with Gasteiger partial charge in [0.15, 0.2) is 12.4 Å². The van der Waals surface area contributed by atoms with Gasteiger partial charge >= 0.3 is 5.69 Å². The van der Waals surface area contributed by atoms with Crippen molar-refractivity contribution < 1.29 is 18.8 Å². The number of nitro groups is 1. The molecule has 0 aliphatic carbocycles. The molecule has 0 aromatic heterocycles. The summed E-state index contributed by atoms with van der Waals surface area (Å²) in [6.45, 7) is 1.16. The zero-order valence-electron chi connectivity index (χ0n) is 14.0. The van der Waals surface area contributed by atoms with Crippen molar-refractivity contribution in [3.05, 3.63) is 64.0 Å². The predicted octanol–water partition coefficient (Wildman–Crippen LogP) is 3.37. The normalized spacial score (nSPS) is 10.0. The van der Waals surface area contributed by atoms with Crippen LogP contribution in [0.1, 0.15) is 12.0 Å². The van der Waals surface area contributed by atoms with Gasteiger partial charge in [0.2, 0.25) is 0 Å². The predicted molar refractivity (Wildman–Crippen MR) is 92.3 cm³/mol. The largest absolute Gasteiger partial charge is 0.477 e. The molecule has 0 aliphatic rings. The average Bonchev–Trinajstić information content (AvgIpc) is 2.62. The molecule has 0 unspecified atom stereocenters. The molecular formula is C18H16FN3O4. The molecule has 2 aromatic carbocycles. The second-order valence-corrected chi connectivity index (χ2v) is 5.42. The van der Waals surface area contributed by atoms with Crippen LogP contribution in [0.25, 0.3) is 0 Å². The number of carbonyl (C=O) groups excluding carboxylic acids is 1. The highest BCUT2D eigenvalue weighted by atomic mass is 19.1. The monoisotopic (exact) mass is 357 g/mol. The van der Waals surface area contributed by atoms with Crippen LogP contribution < -0.4 is 9.64 Å². The highest BCUT2D eigenvalue weighted by molar-refractivity contribution is 5.94. The number of ether oxygens (including phenoxy) is 1. The van der Waals surface area contributed by atoms with Gasteiger partial charge in [0, 0.05) is 12.6 Å². The summed E-state index contributed by atoms with van der Waals surface area (Å²) in [6.07, 6.45) is 0.00472. The SMILES string of the molecule is Cc1ccc(OCC(=O)N(CCC#N)c2ccccc2F)c([N+](=O)[O-])c1. The van der Waals surface area contributed by atoms with Gasteiger partial charge in [0.05, 0.1) is 23.1 Å². The number of para-hydroxylation sites is 1. The molecule has 0 fully saturated rings. The first kappa shape index (κ1) is 18.9. The molecule has 26 heavy (non-hydrogen) atoms. The van der Waals surface area contributed by atoms with Crippen LogP contribution in [-0.4, -0.2) is 24.0 Å². The summed E-state index contributed by atoms with van der Waals surface area (Å²) in [5.74, 6) is -1.27. The molecule has 0 atom stereocenters. The Morgan fingerprint density at radius 3 is 2.73 bits per heavy atom. The van der Waals surface area contributed by atoms with Crippen LogP contribution in [0.2, 0.25) is 0 Å². The van der Waals surface area contributed by atoms with E-state index in [1.54, 1.807) is 19.1 Å². The van der Waals surface area contributed by atoms with Gasteiger partial charge in [-0.2, -0.15) is 5.26 Å². The lowest BCUT2D eigenvalue weighted by molar-refractivity contribution is -0.385. The number of aryl methyl sites for hydroxylation is 1. The minimum atomic E-state index is -0.611. The Balaban J connectivity index is 2.19. The standard InChI is InChI=1S/C18H16FN3O4/c1-13-7-8-17(16(11-13)22(24)25)26-12-18(23)21(10-4-9-20)15-6-3-2-5-14(15)19/h2-3,5-8,11H,4,10,12H2,1H3. The molecule has 0 N–H and O–H groups in total. The molecule has 2 aromatic rings. The molecule has 0 saturated carbocycles. The van der Waals surface area contributed by atoms with E-state index in [0.717, 1.165) is 4.90 Å². The summed E-state index contributed by atoms with van der Waals surface area (Å²) in [4.78, 5) is 24.1. The zero-order valence-corrected chi connectivity index (χ0v) is 14.0.